The highest BCUT2D eigenvalue weighted by Crippen LogP contribution is 2.44. The third kappa shape index (κ3) is 3.41. The monoisotopic (exact) mass is 476 g/mol. The van der Waals surface area contributed by atoms with Gasteiger partial charge in [0.2, 0.25) is 0 Å². The normalized spacial score (nSPS) is 22.2. The number of hydrogen-bond acceptors (Lipinski definition) is 4. The standard InChI is InChI=1S/C22H25BrN2O3S/c1-22(27)10-4-9-17-16(22)11-18(28-17)29-25-21(26)24-20-14-7-2-5-12(14)19(23)13-6-3-8-15(13)20/h11,27H,2-10H2,1H3,(H2,24,25,26). The van der Waals surface area contributed by atoms with Crippen molar-refractivity contribution in [3.8, 4) is 0 Å². The highest BCUT2D eigenvalue weighted by atomic mass is 79.9. The van der Waals surface area contributed by atoms with Crippen molar-refractivity contribution in [2.45, 2.75) is 75.4 Å². The Labute approximate surface area is 183 Å². The Morgan fingerprint density at radius 2 is 1.76 bits per heavy atom. The molecule has 1 aromatic carbocycles. The van der Waals surface area contributed by atoms with E-state index in [1.54, 1.807) is 0 Å². The summed E-state index contributed by atoms with van der Waals surface area (Å²) in [4.78, 5) is 12.7. The zero-order chi connectivity index (χ0) is 20.2. The largest absolute Gasteiger partial charge is 0.453 e. The van der Waals surface area contributed by atoms with E-state index in [0.717, 1.165) is 86.7 Å². The van der Waals surface area contributed by atoms with Gasteiger partial charge >= 0.3 is 6.03 Å². The van der Waals surface area contributed by atoms with Gasteiger partial charge in [0.15, 0.2) is 5.09 Å². The number of carbonyl (C=O) groups excluding carboxylic acids is 1. The van der Waals surface area contributed by atoms with E-state index in [9.17, 15) is 9.90 Å². The summed E-state index contributed by atoms with van der Waals surface area (Å²) in [7, 11) is 0. The van der Waals surface area contributed by atoms with Crippen LogP contribution in [0.3, 0.4) is 0 Å². The van der Waals surface area contributed by atoms with Crippen LogP contribution >= 0.6 is 27.9 Å². The second-order valence-electron chi connectivity index (χ2n) is 8.50. The molecule has 29 heavy (non-hydrogen) atoms. The Bertz CT molecular complexity index is 963. The molecule has 3 aliphatic carbocycles. The molecular formula is C22H25BrN2O3S. The van der Waals surface area contributed by atoms with Crippen LogP contribution in [0.15, 0.2) is 20.0 Å². The number of rotatable bonds is 3. The number of amides is 2. The number of aliphatic hydroxyl groups is 1. The molecule has 2 amide bonds. The first kappa shape index (κ1) is 19.5. The van der Waals surface area contributed by atoms with E-state index < -0.39 is 5.60 Å². The molecule has 0 saturated carbocycles. The van der Waals surface area contributed by atoms with Crippen molar-refractivity contribution in [3.63, 3.8) is 0 Å². The van der Waals surface area contributed by atoms with Gasteiger partial charge in [-0.3, -0.25) is 4.72 Å². The molecule has 0 bridgehead atoms. The molecule has 5 nitrogen and oxygen atoms in total. The first-order valence-corrected chi connectivity index (χ1v) is 12.0. The number of carbonyl (C=O) groups is 1. The summed E-state index contributed by atoms with van der Waals surface area (Å²) >= 11 is 4.98. The van der Waals surface area contributed by atoms with Crippen molar-refractivity contribution < 1.29 is 14.3 Å². The van der Waals surface area contributed by atoms with Gasteiger partial charge in [0.25, 0.3) is 0 Å². The number of anilines is 1. The topological polar surface area (TPSA) is 74.5 Å². The first-order valence-electron chi connectivity index (χ1n) is 10.4. The molecule has 0 aliphatic heterocycles. The van der Waals surface area contributed by atoms with Crippen LogP contribution in [0.2, 0.25) is 0 Å². The fourth-order valence-electron chi connectivity index (χ4n) is 5.10. The van der Waals surface area contributed by atoms with Gasteiger partial charge in [-0.2, -0.15) is 0 Å². The van der Waals surface area contributed by atoms with Gasteiger partial charge in [0, 0.05) is 34.1 Å². The van der Waals surface area contributed by atoms with Crippen LogP contribution in [-0.4, -0.2) is 11.1 Å². The summed E-state index contributed by atoms with van der Waals surface area (Å²) in [6, 6.07) is 1.62. The lowest BCUT2D eigenvalue weighted by Gasteiger charge is -2.26. The molecule has 154 valence electrons. The molecule has 0 fully saturated rings. The van der Waals surface area contributed by atoms with Crippen molar-refractivity contribution in [3.05, 3.63) is 44.1 Å². The van der Waals surface area contributed by atoms with Gasteiger partial charge in [0.05, 0.1) is 5.60 Å². The van der Waals surface area contributed by atoms with Gasteiger partial charge in [-0.05, 0) is 86.6 Å². The molecular weight excluding hydrogens is 452 g/mol. The number of nitrogens with one attached hydrogen (secondary N) is 2. The average molecular weight is 477 g/mol. The van der Waals surface area contributed by atoms with Crippen LogP contribution in [0.25, 0.3) is 0 Å². The fraction of sp³-hybridized carbons (Fsp3) is 0.500. The van der Waals surface area contributed by atoms with Crippen LogP contribution in [-0.2, 0) is 37.7 Å². The van der Waals surface area contributed by atoms with Gasteiger partial charge in [-0.1, -0.05) is 15.9 Å². The number of benzene rings is 1. The zero-order valence-electron chi connectivity index (χ0n) is 16.5. The lowest BCUT2D eigenvalue weighted by atomic mass is 9.85. The van der Waals surface area contributed by atoms with Crippen molar-refractivity contribution in [2.24, 2.45) is 0 Å². The molecule has 0 radical (unpaired) electrons. The number of urea groups is 1. The molecule has 5 rings (SSSR count). The van der Waals surface area contributed by atoms with Crippen LogP contribution in [0.5, 0.6) is 0 Å². The fourth-order valence-corrected chi connectivity index (χ4v) is 6.54. The van der Waals surface area contributed by atoms with E-state index in [4.69, 9.17) is 4.42 Å². The summed E-state index contributed by atoms with van der Waals surface area (Å²) < 4.78 is 9.99. The summed E-state index contributed by atoms with van der Waals surface area (Å²) in [5, 5.41) is 14.3. The van der Waals surface area contributed by atoms with Gasteiger partial charge < -0.3 is 14.8 Å². The Balaban J connectivity index is 1.32. The van der Waals surface area contributed by atoms with Crippen LogP contribution in [0, 0.1) is 0 Å². The van der Waals surface area contributed by atoms with Gasteiger partial charge in [-0.25, -0.2) is 4.79 Å². The molecule has 3 aliphatic rings. The molecule has 2 aromatic rings. The minimum Gasteiger partial charge on any atom is -0.453 e. The molecule has 1 unspecified atom stereocenters. The van der Waals surface area contributed by atoms with E-state index in [2.05, 4.69) is 26.0 Å². The minimum absolute atomic E-state index is 0.235. The Kier molecular flexibility index (Phi) is 4.95. The first-order chi connectivity index (χ1) is 13.9. The zero-order valence-corrected chi connectivity index (χ0v) is 18.9. The number of hydrogen-bond donors (Lipinski definition) is 3. The number of aryl methyl sites for hydroxylation is 1. The maximum absolute atomic E-state index is 12.7. The molecule has 1 aromatic heterocycles. The van der Waals surface area contributed by atoms with E-state index in [-0.39, 0.29) is 6.03 Å². The van der Waals surface area contributed by atoms with Gasteiger partial charge in [0.1, 0.15) is 5.76 Å². The highest BCUT2D eigenvalue weighted by molar-refractivity contribution is 9.10. The van der Waals surface area contributed by atoms with Crippen molar-refractivity contribution >= 4 is 39.6 Å². The number of furan rings is 1. The maximum Gasteiger partial charge on any atom is 0.329 e. The SMILES string of the molecule is CC1(O)CCCc2oc(SNC(=O)Nc3c4c(c(Br)c5c3CCC5)CCC4)cc21. The summed E-state index contributed by atoms with van der Waals surface area (Å²) in [5.41, 5.74) is 6.34. The lowest BCUT2D eigenvalue weighted by Crippen LogP contribution is -2.25. The Morgan fingerprint density at radius 3 is 2.41 bits per heavy atom. The van der Waals surface area contributed by atoms with E-state index in [1.165, 1.54) is 26.7 Å². The van der Waals surface area contributed by atoms with Crippen LogP contribution in [0.1, 0.15) is 66.2 Å². The molecule has 1 heterocycles. The van der Waals surface area contributed by atoms with Crippen molar-refractivity contribution in [1.82, 2.24) is 4.72 Å². The Morgan fingerprint density at radius 1 is 1.10 bits per heavy atom. The molecule has 7 heteroatoms. The molecule has 0 spiro atoms. The number of fused-ring (bicyclic) bond motifs is 3. The highest BCUT2D eigenvalue weighted by Gasteiger charge is 2.33. The summed E-state index contributed by atoms with van der Waals surface area (Å²) in [6.45, 7) is 1.82. The van der Waals surface area contributed by atoms with Crippen molar-refractivity contribution in [1.29, 1.82) is 0 Å². The smallest absolute Gasteiger partial charge is 0.329 e. The molecule has 1 atom stereocenters. The average Bonchev–Trinajstić information content (AvgIpc) is 3.42. The quantitative estimate of drug-likeness (QED) is 0.518. The number of halogens is 1. The van der Waals surface area contributed by atoms with Crippen molar-refractivity contribution in [2.75, 3.05) is 5.32 Å². The second-order valence-corrected chi connectivity index (χ2v) is 10.1. The predicted molar refractivity (Wildman–Crippen MR) is 117 cm³/mol. The van der Waals surface area contributed by atoms with Crippen LogP contribution < -0.4 is 10.0 Å². The second kappa shape index (κ2) is 7.36. The third-order valence-corrected chi connectivity index (χ3v) is 8.13. The molecule has 3 N–H and O–H groups in total. The van der Waals surface area contributed by atoms with Crippen LogP contribution in [0.4, 0.5) is 10.5 Å². The van der Waals surface area contributed by atoms with E-state index >= 15 is 0 Å². The summed E-state index contributed by atoms with van der Waals surface area (Å²) in [6.07, 6.45) is 8.93. The predicted octanol–water partition coefficient (Wildman–Crippen LogP) is 5.39. The minimum atomic E-state index is -0.851. The summed E-state index contributed by atoms with van der Waals surface area (Å²) in [5.74, 6) is 0.828. The molecule has 0 saturated heterocycles. The lowest BCUT2D eigenvalue weighted by molar-refractivity contribution is 0.0362. The van der Waals surface area contributed by atoms with E-state index in [0.29, 0.717) is 5.09 Å². The maximum atomic E-state index is 12.7. The van der Waals surface area contributed by atoms with E-state index in [1.807, 2.05) is 13.0 Å². The van der Waals surface area contributed by atoms with Gasteiger partial charge in [-0.15, -0.1) is 0 Å². The third-order valence-electron chi connectivity index (χ3n) is 6.49. The Hall–Kier alpha value is -1.44.